The monoisotopic (exact) mass is 262 g/mol. The molecule has 0 unspecified atom stereocenters. The summed E-state index contributed by atoms with van der Waals surface area (Å²) in [5.41, 5.74) is 2.01. The molecule has 0 saturated heterocycles. The number of pyridine rings is 1. The lowest BCUT2D eigenvalue weighted by Crippen LogP contribution is -2.01. The van der Waals surface area contributed by atoms with Gasteiger partial charge in [-0.05, 0) is 29.8 Å². The van der Waals surface area contributed by atoms with Crippen LogP contribution in [0.1, 0.15) is 5.56 Å². The maximum absolute atomic E-state index is 11.3. The van der Waals surface area contributed by atoms with Crippen molar-refractivity contribution < 1.29 is 8.42 Å². The summed E-state index contributed by atoms with van der Waals surface area (Å²) in [6.45, 7) is 0.647. The Morgan fingerprint density at radius 3 is 2.22 bits per heavy atom. The third-order valence-electron chi connectivity index (χ3n) is 2.53. The van der Waals surface area contributed by atoms with Crippen molar-refractivity contribution in [2.24, 2.45) is 0 Å². The van der Waals surface area contributed by atoms with Gasteiger partial charge in [0.25, 0.3) is 0 Å². The van der Waals surface area contributed by atoms with Crippen molar-refractivity contribution in [3.05, 3.63) is 54.4 Å². The van der Waals surface area contributed by atoms with Crippen LogP contribution in [0.2, 0.25) is 0 Å². The summed E-state index contributed by atoms with van der Waals surface area (Å²) in [7, 11) is -3.12. The minimum atomic E-state index is -3.12. The minimum Gasteiger partial charge on any atom is -0.381 e. The van der Waals surface area contributed by atoms with Crippen LogP contribution in [0.4, 0.5) is 5.69 Å². The van der Waals surface area contributed by atoms with Crippen molar-refractivity contribution in [1.82, 2.24) is 4.98 Å². The van der Waals surface area contributed by atoms with Gasteiger partial charge in [-0.25, -0.2) is 8.42 Å². The number of benzene rings is 1. The quantitative estimate of drug-likeness (QED) is 0.916. The molecule has 1 N–H and O–H groups in total. The molecule has 4 nitrogen and oxygen atoms in total. The second-order valence-corrected chi connectivity index (χ2v) is 6.02. The zero-order chi connectivity index (χ0) is 13.0. The zero-order valence-corrected chi connectivity index (χ0v) is 10.8. The number of anilines is 1. The highest BCUT2D eigenvalue weighted by Crippen LogP contribution is 2.12. The van der Waals surface area contributed by atoms with Gasteiger partial charge in [0.05, 0.1) is 4.90 Å². The van der Waals surface area contributed by atoms with E-state index in [1.54, 1.807) is 24.5 Å². The van der Waals surface area contributed by atoms with E-state index >= 15 is 0 Å². The van der Waals surface area contributed by atoms with E-state index in [4.69, 9.17) is 0 Å². The van der Waals surface area contributed by atoms with Crippen LogP contribution in [-0.4, -0.2) is 19.7 Å². The molecule has 1 aromatic carbocycles. The van der Waals surface area contributed by atoms with E-state index in [1.807, 2.05) is 24.3 Å². The molecule has 0 atom stereocenters. The summed E-state index contributed by atoms with van der Waals surface area (Å²) < 4.78 is 22.6. The first-order chi connectivity index (χ1) is 8.55. The maximum atomic E-state index is 11.3. The van der Waals surface area contributed by atoms with Crippen molar-refractivity contribution in [3.8, 4) is 0 Å². The highest BCUT2D eigenvalue weighted by molar-refractivity contribution is 7.90. The molecule has 0 aliphatic carbocycles. The van der Waals surface area contributed by atoms with Gasteiger partial charge in [-0.1, -0.05) is 12.1 Å². The van der Waals surface area contributed by atoms with Gasteiger partial charge in [-0.15, -0.1) is 0 Å². The Morgan fingerprint density at radius 1 is 1.06 bits per heavy atom. The molecule has 0 fully saturated rings. The smallest absolute Gasteiger partial charge is 0.175 e. The molecule has 0 bridgehead atoms. The van der Waals surface area contributed by atoms with Crippen molar-refractivity contribution in [3.63, 3.8) is 0 Å². The first-order valence-electron chi connectivity index (χ1n) is 5.48. The Hall–Kier alpha value is -1.88. The molecule has 0 saturated carbocycles. The topological polar surface area (TPSA) is 59.1 Å². The van der Waals surface area contributed by atoms with Gasteiger partial charge in [0.15, 0.2) is 9.84 Å². The third kappa shape index (κ3) is 3.30. The number of nitrogens with zero attached hydrogens (tertiary/aromatic N) is 1. The molecule has 0 aliphatic rings. The van der Waals surface area contributed by atoms with Gasteiger partial charge in [0, 0.05) is 30.9 Å². The average molecular weight is 262 g/mol. The van der Waals surface area contributed by atoms with Crippen molar-refractivity contribution >= 4 is 15.5 Å². The van der Waals surface area contributed by atoms with Gasteiger partial charge >= 0.3 is 0 Å². The van der Waals surface area contributed by atoms with E-state index < -0.39 is 9.84 Å². The van der Waals surface area contributed by atoms with Crippen LogP contribution in [0, 0.1) is 0 Å². The van der Waals surface area contributed by atoms with Gasteiger partial charge in [0.2, 0.25) is 0 Å². The molecule has 0 aliphatic heterocycles. The predicted octanol–water partition coefficient (Wildman–Crippen LogP) is 2.10. The largest absolute Gasteiger partial charge is 0.381 e. The number of rotatable bonds is 4. The van der Waals surface area contributed by atoms with Crippen molar-refractivity contribution in [2.45, 2.75) is 11.4 Å². The highest BCUT2D eigenvalue weighted by atomic mass is 32.2. The minimum absolute atomic E-state index is 0.343. The molecular formula is C13H14N2O2S. The Bertz CT molecular complexity index is 607. The SMILES string of the molecule is CS(=O)(=O)c1ccc(CNc2ccncc2)cc1. The summed E-state index contributed by atoms with van der Waals surface area (Å²) in [6.07, 6.45) is 4.64. The fourth-order valence-electron chi connectivity index (χ4n) is 1.53. The van der Waals surface area contributed by atoms with Crippen LogP contribution in [-0.2, 0) is 16.4 Å². The molecule has 5 heteroatoms. The van der Waals surface area contributed by atoms with Crippen LogP contribution < -0.4 is 5.32 Å². The summed E-state index contributed by atoms with van der Waals surface area (Å²) in [5.74, 6) is 0. The molecule has 0 spiro atoms. The van der Waals surface area contributed by atoms with Gasteiger partial charge in [-0.3, -0.25) is 4.98 Å². The average Bonchev–Trinajstić information content (AvgIpc) is 2.37. The molecule has 94 valence electrons. The van der Waals surface area contributed by atoms with E-state index in [9.17, 15) is 8.42 Å². The Labute approximate surface area is 107 Å². The predicted molar refractivity (Wildman–Crippen MR) is 71.1 cm³/mol. The summed E-state index contributed by atoms with van der Waals surface area (Å²) in [4.78, 5) is 4.28. The van der Waals surface area contributed by atoms with Gasteiger partial charge in [-0.2, -0.15) is 0 Å². The van der Waals surface area contributed by atoms with Crippen LogP contribution in [0.15, 0.2) is 53.7 Å². The second kappa shape index (κ2) is 5.18. The van der Waals surface area contributed by atoms with E-state index in [2.05, 4.69) is 10.3 Å². The van der Waals surface area contributed by atoms with E-state index in [1.165, 1.54) is 6.26 Å². The summed E-state index contributed by atoms with van der Waals surface area (Å²) in [6, 6.07) is 10.6. The van der Waals surface area contributed by atoms with E-state index in [0.717, 1.165) is 11.3 Å². The normalized spacial score (nSPS) is 11.2. The molecule has 2 rings (SSSR count). The van der Waals surface area contributed by atoms with Crippen molar-refractivity contribution in [1.29, 1.82) is 0 Å². The first kappa shape index (κ1) is 12.6. The molecular weight excluding hydrogens is 248 g/mol. The number of hydrogen-bond donors (Lipinski definition) is 1. The Morgan fingerprint density at radius 2 is 1.67 bits per heavy atom. The molecule has 0 amide bonds. The number of hydrogen-bond acceptors (Lipinski definition) is 4. The van der Waals surface area contributed by atoms with E-state index in [-0.39, 0.29) is 0 Å². The Kier molecular flexibility index (Phi) is 3.62. The van der Waals surface area contributed by atoms with Crippen LogP contribution in [0.3, 0.4) is 0 Å². The molecule has 0 radical (unpaired) electrons. The molecule has 2 aromatic rings. The fourth-order valence-corrected chi connectivity index (χ4v) is 2.16. The van der Waals surface area contributed by atoms with Crippen molar-refractivity contribution in [2.75, 3.05) is 11.6 Å². The number of aromatic nitrogens is 1. The third-order valence-corrected chi connectivity index (χ3v) is 3.66. The highest BCUT2D eigenvalue weighted by Gasteiger charge is 2.05. The second-order valence-electron chi connectivity index (χ2n) is 4.01. The van der Waals surface area contributed by atoms with Crippen LogP contribution in [0.25, 0.3) is 0 Å². The Balaban J connectivity index is 2.03. The summed E-state index contributed by atoms with van der Waals surface area (Å²) in [5, 5.41) is 3.23. The van der Waals surface area contributed by atoms with Gasteiger partial charge < -0.3 is 5.32 Å². The maximum Gasteiger partial charge on any atom is 0.175 e. The standard InChI is InChI=1S/C13H14N2O2S/c1-18(16,17)13-4-2-11(3-5-13)10-15-12-6-8-14-9-7-12/h2-9H,10H2,1H3,(H,14,15). The first-order valence-corrected chi connectivity index (χ1v) is 7.38. The number of sulfone groups is 1. The molecule has 18 heavy (non-hydrogen) atoms. The van der Waals surface area contributed by atoms with Crippen LogP contribution >= 0.6 is 0 Å². The number of nitrogens with one attached hydrogen (secondary N) is 1. The van der Waals surface area contributed by atoms with E-state index in [0.29, 0.717) is 11.4 Å². The lowest BCUT2D eigenvalue weighted by Gasteiger charge is -2.06. The lowest BCUT2D eigenvalue weighted by atomic mass is 10.2. The van der Waals surface area contributed by atoms with Crippen LogP contribution in [0.5, 0.6) is 0 Å². The molecule has 1 heterocycles. The zero-order valence-electron chi connectivity index (χ0n) is 10.00. The fraction of sp³-hybridized carbons (Fsp3) is 0.154. The molecule has 1 aromatic heterocycles. The van der Waals surface area contributed by atoms with Gasteiger partial charge in [0.1, 0.15) is 0 Å². The lowest BCUT2D eigenvalue weighted by molar-refractivity contribution is 0.602. The summed E-state index contributed by atoms with van der Waals surface area (Å²) >= 11 is 0.